The van der Waals surface area contributed by atoms with Gasteiger partial charge in [0.15, 0.2) is 0 Å². The Hall–Kier alpha value is -1.76. The highest BCUT2D eigenvalue weighted by molar-refractivity contribution is 5.10. The SMILES string of the molecule is CCn1cc(CN2CC3(C[C@H](OCc4ccncc4)CCO3)C2)cn1. The van der Waals surface area contributed by atoms with E-state index in [1.807, 2.05) is 35.4 Å². The Balaban J connectivity index is 1.26. The van der Waals surface area contributed by atoms with Gasteiger partial charge in [-0.1, -0.05) is 0 Å². The third-order valence-electron chi connectivity index (χ3n) is 5.12. The maximum atomic E-state index is 6.13. The fourth-order valence-corrected chi connectivity index (χ4v) is 3.84. The van der Waals surface area contributed by atoms with Crippen LogP contribution >= 0.6 is 0 Å². The summed E-state index contributed by atoms with van der Waals surface area (Å²) in [5.74, 6) is 0. The average Bonchev–Trinajstić information content (AvgIpc) is 3.08. The van der Waals surface area contributed by atoms with Crippen LogP contribution in [0.15, 0.2) is 36.9 Å². The molecule has 4 heterocycles. The van der Waals surface area contributed by atoms with Crippen molar-refractivity contribution >= 4 is 0 Å². The molecule has 0 N–H and O–H groups in total. The number of hydrogen-bond donors (Lipinski definition) is 0. The first-order chi connectivity index (χ1) is 12.2. The standard InChI is InChI=1S/C19H26N4O2/c1-2-23-12-17(10-21-23)11-22-14-19(15-22)9-18(5-8-25-19)24-13-16-3-6-20-7-4-16/h3-4,6-7,10,12,18H,2,5,8-9,11,13-15H2,1H3/t18-/m1/s1. The molecule has 25 heavy (non-hydrogen) atoms. The summed E-state index contributed by atoms with van der Waals surface area (Å²) in [5.41, 5.74) is 2.44. The van der Waals surface area contributed by atoms with Crippen LogP contribution in [0.5, 0.6) is 0 Å². The smallest absolute Gasteiger partial charge is 0.0959 e. The molecule has 0 saturated carbocycles. The molecule has 2 fully saturated rings. The van der Waals surface area contributed by atoms with Crippen molar-refractivity contribution in [2.24, 2.45) is 0 Å². The molecule has 1 spiro atoms. The molecule has 2 aliphatic rings. The van der Waals surface area contributed by atoms with Gasteiger partial charge in [-0.2, -0.15) is 5.10 Å². The highest BCUT2D eigenvalue weighted by atomic mass is 16.5. The van der Waals surface area contributed by atoms with Gasteiger partial charge < -0.3 is 9.47 Å². The molecule has 0 amide bonds. The van der Waals surface area contributed by atoms with Crippen LogP contribution in [0.3, 0.4) is 0 Å². The molecule has 6 heteroatoms. The largest absolute Gasteiger partial charge is 0.373 e. The van der Waals surface area contributed by atoms with Gasteiger partial charge in [-0.25, -0.2) is 0 Å². The van der Waals surface area contributed by atoms with Gasteiger partial charge in [0.2, 0.25) is 0 Å². The summed E-state index contributed by atoms with van der Waals surface area (Å²) in [5, 5.41) is 4.35. The molecule has 6 nitrogen and oxygen atoms in total. The number of rotatable bonds is 6. The fourth-order valence-electron chi connectivity index (χ4n) is 3.84. The number of pyridine rings is 1. The molecule has 0 aromatic carbocycles. The Morgan fingerprint density at radius 3 is 2.88 bits per heavy atom. The lowest BCUT2D eigenvalue weighted by molar-refractivity contribution is -0.200. The monoisotopic (exact) mass is 342 g/mol. The first-order valence-electron chi connectivity index (χ1n) is 9.13. The van der Waals surface area contributed by atoms with Crippen LogP contribution in [-0.2, 0) is 29.2 Å². The summed E-state index contributed by atoms with van der Waals surface area (Å²) < 4.78 is 14.2. The van der Waals surface area contributed by atoms with E-state index >= 15 is 0 Å². The van der Waals surface area contributed by atoms with Crippen molar-refractivity contribution in [1.29, 1.82) is 0 Å². The summed E-state index contributed by atoms with van der Waals surface area (Å²) in [6, 6.07) is 4.02. The topological polar surface area (TPSA) is 52.4 Å². The van der Waals surface area contributed by atoms with E-state index < -0.39 is 0 Å². The summed E-state index contributed by atoms with van der Waals surface area (Å²) in [6.07, 6.45) is 9.98. The normalized spacial score (nSPS) is 22.8. The predicted molar refractivity (Wildman–Crippen MR) is 93.9 cm³/mol. The van der Waals surface area contributed by atoms with Gasteiger partial charge >= 0.3 is 0 Å². The second kappa shape index (κ2) is 7.23. The Labute approximate surface area is 148 Å². The molecule has 0 radical (unpaired) electrons. The zero-order chi connectivity index (χ0) is 17.1. The predicted octanol–water partition coefficient (Wildman–Crippen LogP) is 2.25. The molecule has 0 aliphatic carbocycles. The van der Waals surface area contributed by atoms with E-state index in [2.05, 4.69) is 28.1 Å². The summed E-state index contributed by atoms with van der Waals surface area (Å²) >= 11 is 0. The summed E-state index contributed by atoms with van der Waals surface area (Å²) in [7, 11) is 0. The molecule has 2 aromatic heterocycles. The van der Waals surface area contributed by atoms with Crippen molar-refractivity contribution in [3.63, 3.8) is 0 Å². The minimum absolute atomic E-state index is 0.0120. The lowest BCUT2D eigenvalue weighted by Crippen LogP contribution is -2.65. The van der Waals surface area contributed by atoms with Gasteiger partial charge in [0.05, 0.1) is 24.5 Å². The maximum Gasteiger partial charge on any atom is 0.0959 e. The number of aromatic nitrogens is 3. The number of nitrogens with zero attached hydrogens (tertiary/aromatic N) is 4. The minimum Gasteiger partial charge on any atom is -0.373 e. The van der Waals surface area contributed by atoms with E-state index in [0.717, 1.165) is 45.6 Å². The Bertz CT molecular complexity index is 682. The highest BCUT2D eigenvalue weighted by Gasteiger charge is 2.47. The number of aryl methyl sites for hydroxylation is 1. The van der Waals surface area contributed by atoms with Gasteiger partial charge in [0, 0.05) is 63.4 Å². The van der Waals surface area contributed by atoms with Gasteiger partial charge in [0.1, 0.15) is 0 Å². The number of likely N-dealkylation sites (tertiary alicyclic amines) is 1. The summed E-state index contributed by atoms with van der Waals surface area (Å²) in [4.78, 5) is 6.48. The van der Waals surface area contributed by atoms with Crippen LogP contribution in [0, 0.1) is 0 Å². The molecule has 2 saturated heterocycles. The van der Waals surface area contributed by atoms with Crippen molar-refractivity contribution < 1.29 is 9.47 Å². The van der Waals surface area contributed by atoms with E-state index in [1.54, 1.807) is 0 Å². The third kappa shape index (κ3) is 3.92. The molecule has 4 rings (SSSR count). The Kier molecular flexibility index (Phi) is 4.83. The molecule has 0 unspecified atom stereocenters. The zero-order valence-electron chi connectivity index (χ0n) is 14.8. The van der Waals surface area contributed by atoms with Gasteiger partial charge in [-0.15, -0.1) is 0 Å². The highest BCUT2D eigenvalue weighted by Crippen LogP contribution is 2.36. The maximum absolute atomic E-state index is 6.13. The first kappa shape index (κ1) is 16.7. The van der Waals surface area contributed by atoms with Crippen LogP contribution in [-0.4, -0.2) is 51.1 Å². The molecular weight excluding hydrogens is 316 g/mol. The second-order valence-corrected chi connectivity index (χ2v) is 7.16. The van der Waals surface area contributed by atoms with Gasteiger partial charge in [-0.3, -0.25) is 14.6 Å². The first-order valence-corrected chi connectivity index (χ1v) is 9.13. The average molecular weight is 342 g/mol. The fraction of sp³-hybridized carbons (Fsp3) is 0.579. The van der Waals surface area contributed by atoms with Crippen molar-refractivity contribution in [2.45, 2.75) is 51.2 Å². The van der Waals surface area contributed by atoms with Crippen molar-refractivity contribution in [3.05, 3.63) is 48.0 Å². The van der Waals surface area contributed by atoms with Crippen molar-refractivity contribution in [2.75, 3.05) is 19.7 Å². The van der Waals surface area contributed by atoms with Crippen molar-refractivity contribution in [3.8, 4) is 0 Å². The van der Waals surface area contributed by atoms with E-state index in [1.165, 1.54) is 11.1 Å². The van der Waals surface area contributed by atoms with Crippen LogP contribution in [0.4, 0.5) is 0 Å². The Morgan fingerprint density at radius 1 is 1.28 bits per heavy atom. The third-order valence-corrected chi connectivity index (χ3v) is 5.12. The number of hydrogen-bond acceptors (Lipinski definition) is 5. The van der Waals surface area contributed by atoms with Crippen LogP contribution in [0.1, 0.15) is 30.9 Å². The molecular formula is C19H26N4O2. The molecule has 2 aromatic rings. The van der Waals surface area contributed by atoms with Gasteiger partial charge in [-0.05, 0) is 31.0 Å². The van der Waals surface area contributed by atoms with Crippen LogP contribution in [0.2, 0.25) is 0 Å². The molecule has 2 aliphatic heterocycles. The van der Waals surface area contributed by atoms with Gasteiger partial charge in [0.25, 0.3) is 0 Å². The molecule has 0 bridgehead atoms. The Morgan fingerprint density at radius 2 is 2.12 bits per heavy atom. The lowest BCUT2D eigenvalue weighted by Gasteiger charge is -2.53. The minimum atomic E-state index is -0.0120. The molecule has 134 valence electrons. The van der Waals surface area contributed by atoms with Crippen molar-refractivity contribution in [1.82, 2.24) is 19.7 Å². The molecule has 1 atom stereocenters. The van der Waals surface area contributed by atoms with Crippen LogP contribution < -0.4 is 0 Å². The van der Waals surface area contributed by atoms with E-state index in [-0.39, 0.29) is 11.7 Å². The zero-order valence-corrected chi connectivity index (χ0v) is 14.8. The second-order valence-electron chi connectivity index (χ2n) is 7.16. The van der Waals surface area contributed by atoms with E-state index in [4.69, 9.17) is 9.47 Å². The lowest BCUT2D eigenvalue weighted by atomic mass is 9.84. The number of ether oxygens (including phenoxy) is 2. The summed E-state index contributed by atoms with van der Waals surface area (Å²) in [6.45, 7) is 7.40. The quantitative estimate of drug-likeness (QED) is 0.806. The van der Waals surface area contributed by atoms with Crippen LogP contribution in [0.25, 0.3) is 0 Å². The van der Waals surface area contributed by atoms with E-state index in [0.29, 0.717) is 6.61 Å². The van der Waals surface area contributed by atoms with E-state index in [9.17, 15) is 0 Å².